The highest BCUT2D eigenvalue weighted by atomic mass is 35.5. The zero-order valence-corrected chi connectivity index (χ0v) is 11.7. The molecule has 3 rings (SSSR count). The molecule has 0 spiro atoms. The third-order valence-electron chi connectivity index (χ3n) is 2.74. The molecule has 0 bridgehead atoms. The van der Waals surface area contributed by atoms with Crippen LogP contribution in [0.1, 0.15) is 0 Å². The van der Waals surface area contributed by atoms with E-state index in [1.807, 2.05) is 6.07 Å². The highest BCUT2D eigenvalue weighted by Gasteiger charge is 2.13. The number of nitrogens with two attached hydrogens (primary N) is 1. The fraction of sp³-hybridized carbons (Fsp3) is 0. The lowest BCUT2D eigenvalue weighted by atomic mass is 10.2. The molecular formula is C14H9ClFN3S. The highest BCUT2D eigenvalue weighted by molar-refractivity contribution is 7.99. The number of anilines is 1. The van der Waals surface area contributed by atoms with E-state index >= 15 is 0 Å². The van der Waals surface area contributed by atoms with Crippen molar-refractivity contribution in [3.05, 3.63) is 53.6 Å². The molecule has 100 valence electrons. The van der Waals surface area contributed by atoms with Gasteiger partial charge in [0.05, 0.1) is 15.4 Å². The van der Waals surface area contributed by atoms with E-state index < -0.39 is 5.82 Å². The minimum atomic E-state index is -0.407. The number of nitrogens with zero attached hydrogens (tertiary/aromatic N) is 2. The normalized spacial score (nSPS) is 10.9. The molecule has 6 heteroatoms. The topological polar surface area (TPSA) is 51.8 Å². The first-order chi connectivity index (χ1) is 9.65. The minimum Gasteiger partial charge on any atom is -0.398 e. The van der Waals surface area contributed by atoms with Crippen LogP contribution in [0, 0.1) is 5.82 Å². The van der Waals surface area contributed by atoms with Gasteiger partial charge in [-0.3, -0.25) is 4.98 Å². The number of benzene rings is 1. The number of hydrogen-bond donors (Lipinski definition) is 1. The molecule has 2 aromatic heterocycles. The third-order valence-corrected chi connectivity index (χ3v) is 4.01. The molecule has 0 atom stereocenters. The molecule has 0 amide bonds. The first-order valence-corrected chi connectivity index (χ1v) is 6.97. The largest absolute Gasteiger partial charge is 0.398 e. The molecule has 2 N–H and O–H groups in total. The molecule has 0 radical (unpaired) electrons. The Bertz CT molecular complexity index is 777. The Kier molecular flexibility index (Phi) is 3.46. The Morgan fingerprint density at radius 3 is 2.80 bits per heavy atom. The first-order valence-electron chi connectivity index (χ1n) is 5.77. The van der Waals surface area contributed by atoms with E-state index in [1.165, 1.54) is 24.0 Å². The SMILES string of the molecule is Nc1cc(F)c(Sc2ccc(Cl)cn2)c2ncccc12. The Morgan fingerprint density at radius 1 is 1.20 bits per heavy atom. The third kappa shape index (κ3) is 2.42. The molecule has 1 aromatic carbocycles. The van der Waals surface area contributed by atoms with Gasteiger partial charge in [-0.25, -0.2) is 9.37 Å². The van der Waals surface area contributed by atoms with Crippen molar-refractivity contribution in [2.75, 3.05) is 5.73 Å². The van der Waals surface area contributed by atoms with E-state index in [0.717, 1.165) is 5.39 Å². The maximum Gasteiger partial charge on any atom is 0.141 e. The molecule has 3 nitrogen and oxygen atoms in total. The van der Waals surface area contributed by atoms with Crippen molar-refractivity contribution in [3.63, 3.8) is 0 Å². The summed E-state index contributed by atoms with van der Waals surface area (Å²) < 4.78 is 14.2. The number of halogens is 2. The standard InChI is InChI=1S/C14H9ClFN3S/c15-8-3-4-12(19-7-8)20-14-10(16)6-11(17)9-2-1-5-18-13(9)14/h1-7H,17H2. The molecule has 3 aromatic rings. The van der Waals surface area contributed by atoms with Crippen molar-refractivity contribution in [1.82, 2.24) is 9.97 Å². The molecule has 0 saturated carbocycles. The zero-order valence-electron chi connectivity index (χ0n) is 10.2. The van der Waals surface area contributed by atoms with Gasteiger partial charge in [-0.05, 0) is 30.3 Å². The van der Waals surface area contributed by atoms with Crippen molar-refractivity contribution < 1.29 is 4.39 Å². The second-order valence-electron chi connectivity index (χ2n) is 4.09. The average molecular weight is 306 g/mol. The average Bonchev–Trinajstić information content (AvgIpc) is 2.45. The fourth-order valence-electron chi connectivity index (χ4n) is 1.84. The number of fused-ring (bicyclic) bond motifs is 1. The molecular weight excluding hydrogens is 297 g/mol. The zero-order chi connectivity index (χ0) is 14.1. The second kappa shape index (κ2) is 5.26. The summed E-state index contributed by atoms with van der Waals surface area (Å²) in [6.45, 7) is 0. The van der Waals surface area contributed by atoms with E-state index in [2.05, 4.69) is 9.97 Å². The van der Waals surface area contributed by atoms with Crippen molar-refractivity contribution in [3.8, 4) is 0 Å². The van der Waals surface area contributed by atoms with Crippen LogP contribution in [0.25, 0.3) is 10.9 Å². The van der Waals surface area contributed by atoms with Gasteiger partial charge in [0.2, 0.25) is 0 Å². The maximum absolute atomic E-state index is 14.2. The molecule has 2 heterocycles. The summed E-state index contributed by atoms with van der Waals surface area (Å²) in [5.41, 5.74) is 6.72. The number of nitrogen functional groups attached to an aromatic ring is 1. The lowest BCUT2D eigenvalue weighted by Gasteiger charge is -2.08. The lowest BCUT2D eigenvalue weighted by molar-refractivity contribution is 0.605. The Labute approximate surface area is 124 Å². The van der Waals surface area contributed by atoms with Crippen LogP contribution in [0.15, 0.2) is 52.6 Å². The molecule has 20 heavy (non-hydrogen) atoms. The van der Waals surface area contributed by atoms with Gasteiger partial charge in [0.25, 0.3) is 0 Å². The molecule has 0 aliphatic heterocycles. The summed E-state index contributed by atoms with van der Waals surface area (Å²) in [6.07, 6.45) is 3.13. The Morgan fingerprint density at radius 2 is 2.05 bits per heavy atom. The van der Waals surface area contributed by atoms with Gasteiger partial charge in [-0.2, -0.15) is 0 Å². The van der Waals surface area contributed by atoms with Crippen LogP contribution in [0.4, 0.5) is 10.1 Å². The molecule has 0 fully saturated rings. The maximum atomic E-state index is 14.2. The minimum absolute atomic E-state index is 0.374. The van der Waals surface area contributed by atoms with E-state index in [9.17, 15) is 4.39 Å². The van der Waals surface area contributed by atoms with Crippen LogP contribution in [-0.4, -0.2) is 9.97 Å². The van der Waals surface area contributed by atoms with Gasteiger partial charge in [0, 0.05) is 23.5 Å². The Balaban J connectivity index is 2.13. The number of pyridine rings is 2. The molecule has 0 aliphatic carbocycles. The predicted octanol–water partition coefficient (Wildman–Crippen LogP) is 4.16. The van der Waals surface area contributed by atoms with E-state index in [0.29, 0.717) is 26.1 Å². The van der Waals surface area contributed by atoms with E-state index in [1.54, 1.807) is 24.4 Å². The quantitative estimate of drug-likeness (QED) is 0.722. The predicted molar refractivity (Wildman–Crippen MR) is 79.5 cm³/mol. The van der Waals surface area contributed by atoms with Crippen LogP contribution >= 0.6 is 23.4 Å². The summed E-state index contributed by atoms with van der Waals surface area (Å²) in [6, 6.07) is 8.34. The van der Waals surface area contributed by atoms with Gasteiger partial charge in [0.15, 0.2) is 0 Å². The molecule has 0 aliphatic rings. The van der Waals surface area contributed by atoms with Crippen LogP contribution in [0.5, 0.6) is 0 Å². The summed E-state index contributed by atoms with van der Waals surface area (Å²) in [7, 11) is 0. The van der Waals surface area contributed by atoms with Gasteiger partial charge in [0.1, 0.15) is 10.8 Å². The summed E-state index contributed by atoms with van der Waals surface area (Å²) in [5.74, 6) is -0.407. The van der Waals surface area contributed by atoms with Crippen molar-refractivity contribution in [1.29, 1.82) is 0 Å². The van der Waals surface area contributed by atoms with E-state index in [-0.39, 0.29) is 0 Å². The number of hydrogen-bond acceptors (Lipinski definition) is 4. The Hall–Kier alpha value is -1.85. The summed E-state index contributed by atoms with van der Waals surface area (Å²) >= 11 is 6.99. The van der Waals surface area contributed by atoms with Gasteiger partial charge < -0.3 is 5.73 Å². The lowest BCUT2D eigenvalue weighted by Crippen LogP contribution is -1.94. The number of rotatable bonds is 2. The van der Waals surface area contributed by atoms with Crippen LogP contribution in [0.3, 0.4) is 0 Å². The van der Waals surface area contributed by atoms with Crippen LogP contribution in [-0.2, 0) is 0 Å². The highest BCUT2D eigenvalue weighted by Crippen LogP contribution is 2.36. The summed E-state index contributed by atoms with van der Waals surface area (Å²) in [4.78, 5) is 8.78. The van der Waals surface area contributed by atoms with Crippen molar-refractivity contribution in [2.24, 2.45) is 0 Å². The van der Waals surface area contributed by atoms with Gasteiger partial charge in [-0.15, -0.1) is 0 Å². The second-order valence-corrected chi connectivity index (χ2v) is 5.56. The monoisotopic (exact) mass is 305 g/mol. The van der Waals surface area contributed by atoms with Gasteiger partial charge in [-0.1, -0.05) is 23.4 Å². The molecule has 0 unspecified atom stereocenters. The van der Waals surface area contributed by atoms with E-state index in [4.69, 9.17) is 17.3 Å². The smallest absolute Gasteiger partial charge is 0.141 e. The van der Waals surface area contributed by atoms with Crippen molar-refractivity contribution in [2.45, 2.75) is 9.92 Å². The van der Waals surface area contributed by atoms with Crippen molar-refractivity contribution >= 4 is 40.0 Å². The van der Waals surface area contributed by atoms with Crippen LogP contribution < -0.4 is 5.73 Å². The van der Waals surface area contributed by atoms with Gasteiger partial charge >= 0.3 is 0 Å². The summed E-state index contributed by atoms with van der Waals surface area (Å²) in [5, 5.41) is 1.91. The molecule has 0 saturated heterocycles. The first kappa shape index (κ1) is 13.1. The van der Waals surface area contributed by atoms with Crippen LogP contribution in [0.2, 0.25) is 5.02 Å². The number of aromatic nitrogens is 2. The fourth-order valence-corrected chi connectivity index (χ4v) is 2.81.